The summed E-state index contributed by atoms with van der Waals surface area (Å²) in [5.74, 6) is -1.88. The van der Waals surface area contributed by atoms with Gasteiger partial charge >= 0.3 is 0 Å². The predicted molar refractivity (Wildman–Crippen MR) is 111 cm³/mol. The van der Waals surface area contributed by atoms with Gasteiger partial charge in [-0.3, -0.25) is 14.9 Å². The lowest BCUT2D eigenvalue weighted by atomic mass is 10.2. The molecular formula is C18H11Cl3FN3O2S. The molecular weight excluding hydrogens is 448 g/mol. The summed E-state index contributed by atoms with van der Waals surface area (Å²) < 4.78 is 13.6. The molecule has 2 amide bonds. The maximum Gasteiger partial charge on any atom is 0.267 e. The van der Waals surface area contributed by atoms with Gasteiger partial charge in [0.05, 0.1) is 32.5 Å². The number of carbonyl (C=O) groups excluding carboxylic acids is 2. The van der Waals surface area contributed by atoms with E-state index in [1.807, 2.05) is 13.0 Å². The average Bonchev–Trinajstić information content (AvgIpc) is 3.09. The topological polar surface area (TPSA) is 71.1 Å². The van der Waals surface area contributed by atoms with Crippen molar-refractivity contribution in [1.29, 1.82) is 0 Å². The van der Waals surface area contributed by atoms with Crippen molar-refractivity contribution >= 4 is 68.8 Å². The summed E-state index contributed by atoms with van der Waals surface area (Å²) in [7, 11) is 0. The van der Waals surface area contributed by atoms with Crippen LogP contribution in [0.4, 0.5) is 15.2 Å². The molecule has 10 heteroatoms. The zero-order valence-corrected chi connectivity index (χ0v) is 17.2. The summed E-state index contributed by atoms with van der Waals surface area (Å²) in [6.07, 6.45) is 1.31. The van der Waals surface area contributed by atoms with E-state index in [0.717, 1.165) is 29.0 Å². The minimum atomic E-state index is -0.773. The van der Waals surface area contributed by atoms with Crippen LogP contribution in [0.1, 0.15) is 25.6 Å². The molecule has 1 heterocycles. The van der Waals surface area contributed by atoms with E-state index in [2.05, 4.69) is 15.6 Å². The minimum Gasteiger partial charge on any atom is -0.320 e. The van der Waals surface area contributed by atoms with Gasteiger partial charge in [-0.1, -0.05) is 58.3 Å². The lowest BCUT2D eigenvalue weighted by Crippen LogP contribution is -2.13. The zero-order valence-electron chi connectivity index (χ0n) is 14.1. The van der Waals surface area contributed by atoms with E-state index in [0.29, 0.717) is 10.7 Å². The van der Waals surface area contributed by atoms with E-state index >= 15 is 0 Å². The Morgan fingerprint density at radius 1 is 1.04 bits per heavy atom. The van der Waals surface area contributed by atoms with Gasteiger partial charge in [0, 0.05) is 0 Å². The summed E-state index contributed by atoms with van der Waals surface area (Å²) in [5, 5.41) is 5.55. The van der Waals surface area contributed by atoms with Gasteiger partial charge in [0.2, 0.25) is 0 Å². The lowest BCUT2D eigenvalue weighted by Gasteiger charge is -2.08. The number of halogens is 4. The molecule has 0 aliphatic heterocycles. The van der Waals surface area contributed by atoms with E-state index in [4.69, 9.17) is 34.8 Å². The summed E-state index contributed by atoms with van der Waals surface area (Å²) in [6, 6.07) is 7.33. The van der Waals surface area contributed by atoms with Gasteiger partial charge in [-0.05, 0) is 30.7 Å². The highest BCUT2D eigenvalue weighted by Gasteiger charge is 2.18. The first-order valence-electron chi connectivity index (χ1n) is 7.74. The third-order valence-electron chi connectivity index (χ3n) is 3.67. The number of hydrogen-bond acceptors (Lipinski definition) is 4. The lowest BCUT2D eigenvalue weighted by molar-refractivity contribution is 0.102. The van der Waals surface area contributed by atoms with Gasteiger partial charge in [0.1, 0.15) is 10.7 Å². The van der Waals surface area contributed by atoms with Crippen LogP contribution in [0.2, 0.25) is 15.1 Å². The fourth-order valence-corrected chi connectivity index (χ4v) is 3.71. The molecule has 0 atom stereocenters. The number of carbonyl (C=O) groups is 2. The number of benzene rings is 2. The highest BCUT2D eigenvalue weighted by molar-refractivity contribution is 7.17. The molecule has 3 aromatic rings. The highest BCUT2D eigenvalue weighted by atomic mass is 35.5. The first-order valence-corrected chi connectivity index (χ1v) is 9.69. The molecule has 3 rings (SSSR count). The Balaban J connectivity index is 1.74. The van der Waals surface area contributed by atoms with Gasteiger partial charge in [0.25, 0.3) is 11.8 Å². The van der Waals surface area contributed by atoms with Gasteiger partial charge in [-0.25, -0.2) is 9.37 Å². The van der Waals surface area contributed by atoms with E-state index in [1.165, 1.54) is 6.20 Å². The number of rotatable bonds is 4. The van der Waals surface area contributed by atoms with Crippen molar-refractivity contribution in [3.63, 3.8) is 0 Å². The molecule has 0 fully saturated rings. The van der Waals surface area contributed by atoms with Crippen LogP contribution in [0.25, 0.3) is 0 Å². The second kappa shape index (κ2) is 8.45. The normalized spacial score (nSPS) is 10.6. The van der Waals surface area contributed by atoms with Crippen LogP contribution in [0.5, 0.6) is 0 Å². The highest BCUT2D eigenvalue weighted by Crippen LogP contribution is 2.28. The quantitative estimate of drug-likeness (QED) is 0.467. The van der Waals surface area contributed by atoms with Crippen LogP contribution in [-0.2, 0) is 0 Å². The summed E-state index contributed by atoms with van der Waals surface area (Å²) >= 11 is 18.6. The number of hydrogen-bond donors (Lipinski definition) is 2. The molecule has 0 unspecified atom stereocenters. The molecule has 0 bridgehead atoms. The number of amides is 2. The Hall–Kier alpha value is -2.19. The molecule has 144 valence electrons. The van der Waals surface area contributed by atoms with Crippen LogP contribution in [0.15, 0.2) is 36.5 Å². The van der Waals surface area contributed by atoms with Crippen molar-refractivity contribution in [2.24, 2.45) is 0 Å². The maximum absolute atomic E-state index is 13.6. The third-order valence-corrected chi connectivity index (χ3v) is 5.49. The standard InChI is InChI=1S/C18H11Cl3FN3O2S/c1-8-3-2-4-10(19)15(8)24-17(27)14-7-23-18(28-14)25-16(26)9-5-13(22)12(21)6-11(9)20/h2-7H,1H3,(H,24,27)(H,23,25,26). The molecule has 2 N–H and O–H groups in total. The van der Waals surface area contributed by atoms with E-state index in [1.54, 1.807) is 12.1 Å². The Labute approximate surface area is 178 Å². The number of aromatic nitrogens is 1. The Kier molecular flexibility index (Phi) is 6.20. The number of aryl methyl sites for hydroxylation is 1. The van der Waals surface area contributed by atoms with Crippen LogP contribution < -0.4 is 10.6 Å². The van der Waals surface area contributed by atoms with Crippen molar-refractivity contribution < 1.29 is 14.0 Å². The Bertz CT molecular complexity index is 1070. The van der Waals surface area contributed by atoms with E-state index < -0.39 is 17.6 Å². The predicted octanol–water partition coefficient (Wildman–Crippen LogP) is 6.06. The molecule has 0 aliphatic carbocycles. The van der Waals surface area contributed by atoms with Crippen LogP contribution in [-0.4, -0.2) is 16.8 Å². The zero-order chi connectivity index (χ0) is 20.4. The maximum atomic E-state index is 13.6. The second-order valence-corrected chi connectivity index (χ2v) is 7.87. The molecule has 0 aliphatic rings. The summed E-state index contributed by atoms with van der Waals surface area (Å²) in [6.45, 7) is 1.81. The van der Waals surface area contributed by atoms with E-state index in [9.17, 15) is 14.0 Å². The Morgan fingerprint density at radius 3 is 2.50 bits per heavy atom. The van der Waals surface area contributed by atoms with Crippen molar-refractivity contribution in [3.05, 3.63) is 73.4 Å². The molecule has 2 aromatic carbocycles. The second-order valence-electron chi connectivity index (χ2n) is 5.62. The number of nitrogens with zero attached hydrogens (tertiary/aromatic N) is 1. The molecule has 1 aromatic heterocycles. The molecule has 0 saturated heterocycles. The fraction of sp³-hybridized carbons (Fsp3) is 0.0556. The largest absolute Gasteiger partial charge is 0.320 e. The smallest absolute Gasteiger partial charge is 0.267 e. The van der Waals surface area contributed by atoms with Gasteiger partial charge < -0.3 is 5.32 Å². The van der Waals surface area contributed by atoms with E-state index in [-0.39, 0.29) is 25.6 Å². The molecule has 0 spiro atoms. The van der Waals surface area contributed by atoms with Crippen LogP contribution >= 0.6 is 46.1 Å². The van der Waals surface area contributed by atoms with Crippen molar-refractivity contribution in [2.75, 3.05) is 10.6 Å². The third kappa shape index (κ3) is 4.44. The molecule has 0 radical (unpaired) electrons. The average molecular weight is 459 g/mol. The molecule has 0 saturated carbocycles. The van der Waals surface area contributed by atoms with Crippen molar-refractivity contribution in [2.45, 2.75) is 6.92 Å². The number of anilines is 2. The minimum absolute atomic E-state index is 0.00684. The Morgan fingerprint density at radius 2 is 1.79 bits per heavy atom. The van der Waals surface area contributed by atoms with Crippen LogP contribution in [0, 0.1) is 12.7 Å². The first-order chi connectivity index (χ1) is 13.3. The monoisotopic (exact) mass is 457 g/mol. The number of nitrogens with one attached hydrogen (secondary N) is 2. The van der Waals surface area contributed by atoms with Gasteiger partial charge in [-0.2, -0.15) is 0 Å². The van der Waals surface area contributed by atoms with Crippen molar-refractivity contribution in [3.8, 4) is 0 Å². The number of para-hydroxylation sites is 1. The van der Waals surface area contributed by atoms with Gasteiger partial charge in [0.15, 0.2) is 5.13 Å². The summed E-state index contributed by atoms with van der Waals surface area (Å²) in [4.78, 5) is 29.0. The SMILES string of the molecule is Cc1cccc(Cl)c1NC(=O)c1cnc(NC(=O)c2cc(F)c(Cl)cc2Cl)s1. The van der Waals surface area contributed by atoms with Gasteiger partial charge in [-0.15, -0.1) is 0 Å². The molecule has 28 heavy (non-hydrogen) atoms. The number of thiazole rings is 1. The fourth-order valence-electron chi connectivity index (χ4n) is 2.26. The summed E-state index contributed by atoms with van der Waals surface area (Å²) in [5.41, 5.74) is 1.20. The van der Waals surface area contributed by atoms with Crippen molar-refractivity contribution in [1.82, 2.24) is 4.98 Å². The molecule has 5 nitrogen and oxygen atoms in total. The first kappa shape index (κ1) is 20.5. The van der Waals surface area contributed by atoms with Crippen LogP contribution in [0.3, 0.4) is 0 Å².